The van der Waals surface area contributed by atoms with Crippen molar-refractivity contribution in [2.24, 2.45) is 0 Å². The van der Waals surface area contributed by atoms with E-state index in [-0.39, 0.29) is 12.4 Å². The molecule has 0 unspecified atom stereocenters. The summed E-state index contributed by atoms with van der Waals surface area (Å²) in [5.74, 6) is 2.67. The highest BCUT2D eigenvalue weighted by atomic mass is 35.5. The number of ether oxygens (including phenoxy) is 1. The summed E-state index contributed by atoms with van der Waals surface area (Å²) in [6, 6.07) is 8.81. The van der Waals surface area contributed by atoms with Crippen LogP contribution >= 0.6 is 23.7 Å². The number of terminal acetylenes is 1. The van der Waals surface area contributed by atoms with Crippen molar-refractivity contribution in [2.45, 2.75) is 13.3 Å². The third-order valence-corrected chi connectivity index (χ3v) is 4.26. The first-order chi connectivity index (χ1) is 9.83. The average Bonchev–Trinajstić information content (AvgIpc) is 2.93. The first-order valence-electron chi connectivity index (χ1n) is 7.03. The zero-order valence-electron chi connectivity index (χ0n) is 12.4. The lowest BCUT2D eigenvalue weighted by Crippen LogP contribution is -2.28. The lowest BCUT2D eigenvalue weighted by Gasteiger charge is -2.16. The van der Waals surface area contributed by atoms with E-state index in [1.54, 1.807) is 11.3 Å². The topological polar surface area (TPSA) is 12.5 Å². The molecular formula is C17H22ClNOS. The van der Waals surface area contributed by atoms with Crippen LogP contribution in [0, 0.1) is 12.3 Å². The van der Waals surface area contributed by atoms with Crippen molar-refractivity contribution in [1.82, 2.24) is 4.90 Å². The van der Waals surface area contributed by atoms with Crippen molar-refractivity contribution >= 4 is 33.8 Å². The van der Waals surface area contributed by atoms with Crippen molar-refractivity contribution in [3.63, 3.8) is 0 Å². The van der Waals surface area contributed by atoms with Crippen molar-refractivity contribution in [2.75, 3.05) is 32.8 Å². The van der Waals surface area contributed by atoms with E-state index >= 15 is 0 Å². The summed E-state index contributed by atoms with van der Waals surface area (Å²) in [5.41, 5.74) is 1.34. The summed E-state index contributed by atoms with van der Waals surface area (Å²) in [6.07, 6.45) is 6.28. The van der Waals surface area contributed by atoms with Gasteiger partial charge in [0.25, 0.3) is 0 Å². The summed E-state index contributed by atoms with van der Waals surface area (Å²) in [6.45, 7) is 6.22. The Hall–Kier alpha value is -1.05. The quantitative estimate of drug-likeness (QED) is 0.540. The third-order valence-electron chi connectivity index (χ3n) is 3.37. The van der Waals surface area contributed by atoms with E-state index in [0.717, 1.165) is 32.7 Å². The Morgan fingerprint density at radius 3 is 2.90 bits per heavy atom. The number of hydrogen-bond donors (Lipinski definition) is 0. The van der Waals surface area contributed by atoms with E-state index in [2.05, 4.69) is 47.4 Å². The number of thiophene rings is 1. The lowest BCUT2D eigenvalue weighted by molar-refractivity contribution is 0.112. The number of rotatable bonds is 8. The van der Waals surface area contributed by atoms with Gasteiger partial charge in [0.05, 0.1) is 19.8 Å². The maximum Gasteiger partial charge on any atom is 0.0599 e. The molecule has 0 saturated carbocycles. The van der Waals surface area contributed by atoms with E-state index < -0.39 is 0 Å². The van der Waals surface area contributed by atoms with Gasteiger partial charge in [-0.05, 0) is 41.4 Å². The molecule has 21 heavy (non-hydrogen) atoms. The first-order valence-corrected chi connectivity index (χ1v) is 7.91. The van der Waals surface area contributed by atoms with Gasteiger partial charge in [-0.2, -0.15) is 0 Å². The number of hydrogen-bond acceptors (Lipinski definition) is 3. The van der Waals surface area contributed by atoms with E-state index in [0.29, 0.717) is 6.54 Å². The van der Waals surface area contributed by atoms with E-state index in [1.165, 1.54) is 15.6 Å². The largest absolute Gasteiger partial charge is 0.380 e. The molecule has 0 aliphatic carbocycles. The highest BCUT2D eigenvalue weighted by Gasteiger charge is 2.01. The Labute approximate surface area is 137 Å². The van der Waals surface area contributed by atoms with Crippen LogP contribution in [0.1, 0.15) is 12.5 Å². The minimum atomic E-state index is 0. The molecule has 2 aromatic rings. The predicted molar refractivity (Wildman–Crippen MR) is 94.5 cm³/mol. The zero-order chi connectivity index (χ0) is 14.2. The van der Waals surface area contributed by atoms with Gasteiger partial charge in [-0.15, -0.1) is 30.2 Å². The molecule has 1 aromatic carbocycles. The fourth-order valence-corrected chi connectivity index (χ4v) is 2.91. The summed E-state index contributed by atoms with van der Waals surface area (Å²) < 4.78 is 7.05. The minimum absolute atomic E-state index is 0. The highest BCUT2D eigenvalue weighted by Crippen LogP contribution is 2.21. The Bertz CT molecular complexity index is 575. The normalized spacial score (nSPS) is 10.5. The molecule has 0 saturated heterocycles. The van der Waals surface area contributed by atoms with Crippen LogP contribution < -0.4 is 0 Å². The monoisotopic (exact) mass is 323 g/mol. The molecule has 1 aromatic heterocycles. The molecule has 0 aliphatic rings. The molecular weight excluding hydrogens is 302 g/mol. The van der Waals surface area contributed by atoms with E-state index in [9.17, 15) is 0 Å². The summed E-state index contributed by atoms with van der Waals surface area (Å²) >= 11 is 1.79. The molecule has 0 spiro atoms. The number of nitrogens with zero attached hydrogens (tertiary/aromatic N) is 1. The van der Waals surface area contributed by atoms with Gasteiger partial charge in [0.15, 0.2) is 0 Å². The lowest BCUT2D eigenvalue weighted by atomic mass is 10.1. The van der Waals surface area contributed by atoms with Gasteiger partial charge in [0.1, 0.15) is 0 Å². The predicted octanol–water partition coefficient (Wildman–Crippen LogP) is 3.84. The molecule has 0 aliphatic heterocycles. The van der Waals surface area contributed by atoms with Crippen LogP contribution in [-0.2, 0) is 11.2 Å². The second-order valence-corrected chi connectivity index (χ2v) is 5.68. The van der Waals surface area contributed by atoms with Gasteiger partial charge in [-0.25, -0.2) is 0 Å². The van der Waals surface area contributed by atoms with Crippen molar-refractivity contribution in [3.05, 3.63) is 35.2 Å². The van der Waals surface area contributed by atoms with Crippen LogP contribution in [0.5, 0.6) is 0 Å². The van der Waals surface area contributed by atoms with Gasteiger partial charge < -0.3 is 4.74 Å². The maximum atomic E-state index is 5.70. The maximum absolute atomic E-state index is 5.70. The molecule has 0 N–H and O–H groups in total. The molecule has 0 atom stereocenters. The number of likely N-dealkylation sites (N-methyl/N-ethyl adjacent to an activating group) is 1. The Morgan fingerprint density at radius 1 is 1.29 bits per heavy atom. The second kappa shape index (κ2) is 9.81. The fraction of sp³-hybridized carbons (Fsp3) is 0.412. The smallest absolute Gasteiger partial charge is 0.0599 e. The third kappa shape index (κ3) is 5.68. The van der Waals surface area contributed by atoms with Crippen LogP contribution in [0.2, 0.25) is 0 Å². The Morgan fingerprint density at radius 2 is 2.14 bits per heavy atom. The molecule has 0 bridgehead atoms. The molecule has 0 radical (unpaired) electrons. The minimum Gasteiger partial charge on any atom is -0.380 e. The Kier molecular flexibility index (Phi) is 8.41. The number of benzene rings is 1. The summed E-state index contributed by atoms with van der Waals surface area (Å²) in [7, 11) is 0. The van der Waals surface area contributed by atoms with Gasteiger partial charge in [0, 0.05) is 11.2 Å². The van der Waals surface area contributed by atoms with Crippen molar-refractivity contribution in [3.8, 4) is 12.3 Å². The van der Waals surface area contributed by atoms with Gasteiger partial charge >= 0.3 is 0 Å². The van der Waals surface area contributed by atoms with E-state index in [1.807, 2.05) is 0 Å². The molecule has 0 fully saturated rings. The number of fused-ring (bicyclic) bond motifs is 1. The van der Waals surface area contributed by atoms with Crippen molar-refractivity contribution in [1.29, 1.82) is 0 Å². The SMILES string of the molecule is C#CCN(CC)CCOCCc1ccc2sccc2c1.Cl. The zero-order valence-corrected chi connectivity index (χ0v) is 14.0. The van der Waals surface area contributed by atoms with Gasteiger partial charge in [-0.3, -0.25) is 4.90 Å². The van der Waals surface area contributed by atoms with Crippen LogP contribution in [0.4, 0.5) is 0 Å². The average molecular weight is 324 g/mol. The van der Waals surface area contributed by atoms with Crippen molar-refractivity contribution < 1.29 is 4.74 Å². The molecule has 2 rings (SSSR count). The molecule has 4 heteroatoms. The highest BCUT2D eigenvalue weighted by molar-refractivity contribution is 7.17. The van der Waals surface area contributed by atoms with Crippen LogP contribution in [-0.4, -0.2) is 37.7 Å². The molecule has 2 nitrogen and oxygen atoms in total. The fourth-order valence-electron chi connectivity index (χ4n) is 2.14. The molecule has 114 valence electrons. The molecule has 1 heterocycles. The van der Waals surface area contributed by atoms with Crippen LogP contribution in [0.15, 0.2) is 29.6 Å². The molecule has 0 amide bonds. The van der Waals surface area contributed by atoms with Crippen LogP contribution in [0.3, 0.4) is 0 Å². The summed E-state index contributed by atoms with van der Waals surface area (Å²) in [4.78, 5) is 2.21. The Balaban J connectivity index is 0.00000220. The first kappa shape index (κ1) is 18.0. The van der Waals surface area contributed by atoms with Crippen LogP contribution in [0.25, 0.3) is 10.1 Å². The number of halogens is 1. The van der Waals surface area contributed by atoms with Gasteiger partial charge in [-0.1, -0.05) is 25.0 Å². The standard InChI is InChI=1S/C17H21NOS.ClH/c1-3-9-18(4-2)10-12-19-11-7-15-5-6-17-16(14-15)8-13-20-17;/h1,5-6,8,13-14H,4,7,9-12H2,2H3;1H. The van der Waals surface area contributed by atoms with Gasteiger partial charge in [0.2, 0.25) is 0 Å². The summed E-state index contributed by atoms with van der Waals surface area (Å²) in [5, 5.41) is 3.47. The van der Waals surface area contributed by atoms with E-state index in [4.69, 9.17) is 11.2 Å². The second-order valence-electron chi connectivity index (χ2n) is 4.73.